The van der Waals surface area contributed by atoms with Gasteiger partial charge in [0.25, 0.3) is 0 Å². The van der Waals surface area contributed by atoms with E-state index in [2.05, 4.69) is 41.8 Å². The van der Waals surface area contributed by atoms with Crippen molar-refractivity contribution in [3.05, 3.63) is 30.3 Å². The Morgan fingerprint density at radius 3 is 2.67 bits per heavy atom. The number of rotatable bonds is 8. The minimum absolute atomic E-state index is 0.201. The predicted octanol–water partition coefficient (Wildman–Crippen LogP) is 3.34. The first-order valence-corrected chi connectivity index (χ1v) is 10.9. The van der Waals surface area contributed by atoms with Crippen LogP contribution in [0.4, 0.5) is 4.79 Å². The molecule has 0 bridgehead atoms. The van der Waals surface area contributed by atoms with Gasteiger partial charge in [0.2, 0.25) is 0 Å². The summed E-state index contributed by atoms with van der Waals surface area (Å²) in [5.74, 6) is 1.93. The van der Waals surface area contributed by atoms with E-state index in [1.54, 1.807) is 4.90 Å². The van der Waals surface area contributed by atoms with E-state index in [1.807, 2.05) is 24.8 Å². The van der Waals surface area contributed by atoms with Gasteiger partial charge in [-0.1, -0.05) is 18.2 Å². The number of thioether (sulfide) groups is 1. The molecule has 0 atom stereocenters. The van der Waals surface area contributed by atoms with Crippen molar-refractivity contribution >= 4 is 23.8 Å². The Labute approximate surface area is 167 Å². The third-order valence-corrected chi connectivity index (χ3v) is 5.39. The topological polar surface area (TPSA) is 66.0 Å². The number of hydrogen-bond donors (Lipinski definition) is 2. The molecule has 1 aromatic rings. The normalized spacial score (nSPS) is 15.5. The van der Waals surface area contributed by atoms with Crippen LogP contribution in [0, 0.1) is 0 Å². The minimum Gasteiger partial charge on any atom is -0.450 e. The molecule has 1 fully saturated rings. The minimum atomic E-state index is -0.201. The molecule has 1 saturated heterocycles. The maximum Gasteiger partial charge on any atom is 0.409 e. The Morgan fingerprint density at radius 1 is 1.26 bits per heavy atom. The zero-order chi connectivity index (χ0) is 19.3. The zero-order valence-electron chi connectivity index (χ0n) is 16.4. The van der Waals surface area contributed by atoms with Gasteiger partial charge in [-0.05, 0) is 51.0 Å². The van der Waals surface area contributed by atoms with Crippen LogP contribution in [0.2, 0.25) is 0 Å². The summed E-state index contributed by atoms with van der Waals surface area (Å²) in [6.07, 6.45) is 2.66. The number of aliphatic imine (C=N–C) groups is 1. The molecule has 0 aliphatic carbocycles. The molecule has 0 spiro atoms. The third-order valence-electron chi connectivity index (χ3n) is 4.29. The Morgan fingerprint density at radius 2 is 2.00 bits per heavy atom. The molecular weight excluding hydrogens is 360 g/mol. The largest absolute Gasteiger partial charge is 0.450 e. The molecule has 27 heavy (non-hydrogen) atoms. The molecule has 1 aliphatic rings. The smallest absolute Gasteiger partial charge is 0.409 e. The molecule has 6 nitrogen and oxygen atoms in total. The number of carbonyl (C=O) groups excluding carboxylic acids is 1. The number of guanidine groups is 1. The van der Waals surface area contributed by atoms with E-state index < -0.39 is 0 Å². The van der Waals surface area contributed by atoms with Crippen molar-refractivity contribution in [1.82, 2.24) is 15.5 Å². The first-order chi connectivity index (χ1) is 13.2. The lowest BCUT2D eigenvalue weighted by Crippen LogP contribution is -2.49. The summed E-state index contributed by atoms with van der Waals surface area (Å²) < 4.78 is 5.07. The van der Waals surface area contributed by atoms with Crippen molar-refractivity contribution in [2.75, 3.05) is 38.5 Å². The summed E-state index contributed by atoms with van der Waals surface area (Å²) in [5, 5.41) is 6.83. The van der Waals surface area contributed by atoms with Crippen LogP contribution in [0.25, 0.3) is 0 Å². The Balaban J connectivity index is 1.69. The molecule has 1 aromatic carbocycles. The van der Waals surface area contributed by atoms with Crippen LogP contribution in [-0.2, 0) is 4.74 Å². The van der Waals surface area contributed by atoms with Gasteiger partial charge in [0.1, 0.15) is 0 Å². The van der Waals surface area contributed by atoms with Gasteiger partial charge in [0.15, 0.2) is 5.96 Å². The van der Waals surface area contributed by atoms with Gasteiger partial charge in [-0.25, -0.2) is 4.79 Å². The van der Waals surface area contributed by atoms with E-state index in [0.29, 0.717) is 12.6 Å². The number of ether oxygens (including phenoxy) is 1. The third kappa shape index (κ3) is 8.12. The molecule has 7 heteroatoms. The van der Waals surface area contributed by atoms with Crippen LogP contribution >= 0.6 is 11.8 Å². The second-order valence-electron chi connectivity index (χ2n) is 6.38. The van der Waals surface area contributed by atoms with E-state index in [-0.39, 0.29) is 6.09 Å². The summed E-state index contributed by atoms with van der Waals surface area (Å²) >= 11 is 1.87. The van der Waals surface area contributed by atoms with Crippen molar-refractivity contribution in [1.29, 1.82) is 0 Å². The van der Waals surface area contributed by atoms with Crippen molar-refractivity contribution in [2.45, 2.75) is 44.0 Å². The number of amides is 1. The van der Waals surface area contributed by atoms with Crippen LogP contribution in [0.1, 0.15) is 33.1 Å². The summed E-state index contributed by atoms with van der Waals surface area (Å²) in [7, 11) is 0. The van der Waals surface area contributed by atoms with Gasteiger partial charge in [0, 0.05) is 37.1 Å². The van der Waals surface area contributed by atoms with E-state index in [0.717, 1.165) is 57.2 Å². The standard InChI is InChI=1S/C20H32N4O2S/c1-3-21-19(22-13-8-16-27-18-9-6-5-7-10-18)23-17-11-14-24(15-12-17)20(25)26-4-2/h5-7,9-10,17H,3-4,8,11-16H2,1-2H3,(H2,21,22,23). The summed E-state index contributed by atoms with van der Waals surface area (Å²) in [4.78, 5) is 19.6. The highest BCUT2D eigenvalue weighted by Gasteiger charge is 2.23. The highest BCUT2D eigenvalue weighted by molar-refractivity contribution is 7.99. The van der Waals surface area contributed by atoms with Gasteiger partial charge in [-0.2, -0.15) is 0 Å². The van der Waals surface area contributed by atoms with Gasteiger partial charge >= 0.3 is 6.09 Å². The number of nitrogens with one attached hydrogen (secondary N) is 2. The van der Waals surface area contributed by atoms with Crippen LogP contribution in [0.5, 0.6) is 0 Å². The van der Waals surface area contributed by atoms with Crippen molar-refractivity contribution in [3.8, 4) is 0 Å². The molecule has 0 unspecified atom stereocenters. The van der Waals surface area contributed by atoms with Crippen molar-refractivity contribution in [3.63, 3.8) is 0 Å². The molecule has 0 radical (unpaired) electrons. The fourth-order valence-corrected chi connectivity index (χ4v) is 3.76. The monoisotopic (exact) mass is 392 g/mol. The Hall–Kier alpha value is -1.89. The quantitative estimate of drug-likeness (QED) is 0.307. The van der Waals surface area contributed by atoms with E-state index >= 15 is 0 Å². The van der Waals surface area contributed by atoms with Crippen molar-refractivity contribution in [2.24, 2.45) is 4.99 Å². The number of likely N-dealkylation sites (tertiary alicyclic amines) is 1. The predicted molar refractivity (Wildman–Crippen MR) is 113 cm³/mol. The first kappa shape index (κ1) is 21.4. The molecule has 1 amide bonds. The van der Waals surface area contributed by atoms with Crippen LogP contribution in [-0.4, -0.2) is 61.5 Å². The molecule has 1 aliphatic heterocycles. The number of piperidine rings is 1. The number of carbonyl (C=O) groups is 1. The maximum absolute atomic E-state index is 11.8. The molecule has 2 rings (SSSR count). The average Bonchev–Trinajstić information content (AvgIpc) is 2.69. The van der Waals surface area contributed by atoms with Crippen LogP contribution in [0.15, 0.2) is 40.2 Å². The Kier molecular flexibility index (Phi) is 9.90. The second kappa shape index (κ2) is 12.5. The average molecular weight is 393 g/mol. The SMILES string of the molecule is CCNC(=NCCCSc1ccccc1)NC1CCN(C(=O)OCC)CC1. The van der Waals surface area contributed by atoms with Crippen LogP contribution in [0.3, 0.4) is 0 Å². The van der Waals surface area contributed by atoms with E-state index in [4.69, 9.17) is 9.73 Å². The second-order valence-corrected chi connectivity index (χ2v) is 7.55. The van der Waals surface area contributed by atoms with E-state index in [9.17, 15) is 4.79 Å². The molecule has 2 N–H and O–H groups in total. The highest BCUT2D eigenvalue weighted by atomic mass is 32.2. The summed E-state index contributed by atoms with van der Waals surface area (Å²) in [6, 6.07) is 10.8. The molecule has 150 valence electrons. The molecule has 0 saturated carbocycles. The van der Waals surface area contributed by atoms with E-state index in [1.165, 1.54) is 4.90 Å². The lowest BCUT2D eigenvalue weighted by molar-refractivity contribution is 0.0963. The van der Waals surface area contributed by atoms with Gasteiger partial charge in [0.05, 0.1) is 6.61 Å². The zero-order valence-corrected chi connectivity index (χ0v) is 17.3. The lowest BCUT2D eigenvalue weighted by Gasteiger charge is -2.32. The summed E-state index contributed by atoms with van der Waals surface area (Å²) in [6.45, 7) is 7.43. The van der Waals surface area contributed by atoms with Gasteiger partial charge in [-0.3, -0.25) is 4.99 Å². The molecular formula is C20H32N4O2S. The highest BCUT2D eigenvalue weighted by Crippen LogP contribution is 2.17. The Bertz CT molecular complexity index is 575. The first-order valence-electron chi connectivity index (χ1n) is 9.87. The van der Waals surface area contributed by atoms with Crippen LogP contribution < -0.4 is 10.6 Å². The lowest BCUT2D eigenvalue weighted by atomic mass is 10.1. The molecule has 0 aromatic heterocycles. The summed E-state index contributed by atoms with van der Waals surface area (Å²) in [5.41, 5.74) is 0. The van der Waals surface area contributed by atoms with Gasteiger partial charge < -0.3 is 20.3 Å². The fourth-order valence-electron chi connectivity index (χ4n) is 2.90. The molecule has 1 heterocycles. The van der Waals surface area contributed by atoms with Gasteiger partial charge in [-0.15, -0.1) is 11.8 Å². The number of hydrogen-bond acceptors (Lipinski definition) is 4. The maximum atomic E-state index is 11.8. The van der Waals surface area contributed by atoms with Crippen molar-refractivity contribution < 1.29 is 9.53 Å². The number of nitrogens with zero attached hydrogens (tertiary/aromatic N) is 2. The fraction of sp³-hybridized carbons (Fsp3) is 0.600. The number of benzene rings is 1.